The molecule has 0 unspecified atom stereocenters. The van der Waals surface area contributed by atoms with E-state index in [-0.39, 0.29) is 24.9 Å². The molecule has 2 aromatic rings. The molecule has 0 bridgehead atoms. The van der Waals surface area contributed by atoms with Gasteiger partial charge in [0.1, 0.15) is 0 Å². The van der Waals surface area contributed by atoms with E-state index in [1.807, 2.05) is 51.1 Å². The first-order chi connectivity index (χ1) is 12.3. The van der Waals surface area contributed by atoms with E-state index in [0.29, 0.717) is 12.2 Å². The predicted molar refractivity (Wildman–Crippen MR) is 104 cm³/mol. The number of ether oxygens (including phenoxy) is 2. The van der Waals surface area contributed by atoms with Crippen LogP contribution in [0.2, 0.25) is 0 Å². The summed E-state index contributed by atoms with van der Waals surface area (Å²) in [6.07, 6.45) is 0.143. The topological polar surface area (TPSA) is 57.5 Å². The third-order valence-corrected chi connectivity index (χ3v) is 4.79. The van der Waals surface area contributed by atoms with Crippen LogP contribution in [0.3, 0.4) is 0 Å². The molecule has 0 radical (unpaired) electrons. The van der Waals surface area contributed by atoms with Crippen LogP contribution in [-0.2, 0) is 20.7 Å². The summed E-state index contributed by atoms with van der Waals surface area (Å²) in [6, 6.07) is 9.39. The number of carbonyl (C=O) groups is 2. The summed E-state index contributed by atoms with van der Waals surface area (Å²) < 4.78 is 13.4. The molecule has 0 spiro atoms. The molecule has 5 nitrogen and oxygen atoms in total. The second-order valence-electron chi connectivity index (χ2n) is 6.35. The number of ketones is 1. The minimum absolute atomic E-state index is 0.126. The van der Waals surface area contributed by atoms with E-state index in [4.69, 9.17) is 9.47 Å². The van der Waals surface area contributed by atoms with E-state index < -0.39 is 5.97 Å². The van der Waals surface area contributed by atoms with Crippen LogP contribution in [0.1, 0.15) is 40.3 Å². The van der Waals surface area contributed by atoms with Crippen LogP contribution in [0.4, 0.5) is 0 Å². The van der Waals surface area contributed by atoms with Crippen molar-refractivity contribution in [3.63, 3.8) is 0 Å². The number of aryl methyl sites for hydroxylation is 1. The number of aromatic nitrogens is 1. The zero-order valence-corrected chi connectivity index (χ0v) is 17.1. The van der Waals surface area contributed by atoms with Crippen LogP contribution in [0.5, 0.6) is 0 Å². The Labute approximate surface area is 162 Å². The number of halogens is 1. The van der Waals surface area contributed by atoms with E-state index >= 15 is 0 Å². The molecular weight excluding hydrogens is 398 g/mol. The van der Waals surface area contributed by atoms with E-state index in [1.54, 1.807) is 7.11 Å². The van der Waals surface area contributed by atoms with Crippen LogP contribution in [0, 0.1) is 13.8 Å². The van der Waals surface area contributed by atoms with Gasteiger partial charge in [-0.15, -0.1) is 0 Å². The molecule has 0 aliphatic heterocycles. The van der Waals surface area contributed by atoms with Gasteiger partial charge in [0.15, 0.2) is 6.61 Å². The van der Waals surface area contributed by atoms with Gasteiger partial charge in [0.25, 0.3) is 0 Å². The second kappa shape index (κ2) is 9.14. The van der Waals surface area contributed by atoms with Gasteiger partial charge in [-0.3, -0.25) is 9.59 Å². The molecular formula is C20H24BrNO4. The summed E-state index contributed by atoms with van der Waals surface area (Å²) in [6.45, 7) is 6.20. The van der Waals surface area contributed by atoms with Crippen molar-refractivity contribution < 1.29 is 19.1 Å². The highest BCUT2D eigenvalue weighted by molar-refractivity contribution is 9.10. The highest BCUT2D eigenvalue weighted by Crippen LogP contribution is 2.21. The number of hydrogen-bond acceptors (Lipinski definition) is 4. The number of carbonyl (C=O) groups excluding carboxylic acids is 2. The molecule has 140 valence electrons. The fraction of sp³-hybridized carbons (Fsp3) is 0.400. The molecule has 1 atom stereocenters. The molecule has 1 aromatic carbocycles. The zero-order chi connectivity index (χ0) is 19.3. The number of esters is 1. The average Bonchev–Trinajstić information content (AvgIpc) is 2.89. The molecule has 6 heteroatoms. The summed E-state index contributed by atoms with van der Waals surface area (Å²) in [5.74, 6) is -0.611. The van der Waals surface area contributed by atoms with Crippen molar-refractivity contribution >= 4 is 27.7 Å². The highest BCUT2D eigenvalue weighted by Gasteiger charge is 2.20. The summed E-state index contributed by atoms with van der Waals surface area (Å²) in [5, 5.41) is 0. The quantitative estimate of drug-likeness (QED) is 0.476. The predicted octanol–water partition coefficient (Wildman–Crippen LogP) is 4.04. The summed E-state index contributed by atoms with van der Waals surface area (Å²) in [5.41, 5.74) is 3.27. The average molecular weight is 422 g/mol. The summed E-state index contributed by atoms with van der Waals surface area (Å²) >= 11 is 3.35. The molecule has 0 amide bonds. The lowest BCUT2D eigenvalue weighted by Crippen LogP contribution is -2.17. The number of nitrogens with zero attached hydrogens (tertiary/aromatic N) is 1. The second-order valence-corrected chi connectivity index (χ2v) is 7.26. The number of Topliss-reactive ketones (excluding diaryl/α,β-unsaturated/α-hetero) is 1. The molecule has 0 fully saturated rings. The highest BCUT2D eigenvalue weighted by atomic mass is 79.9. The molecule has 1 heterocycles. The van der Waals surface area contributed by atoms with Crippen LogP contribution in [-0.4, -0.2) is 36.6 Å². The fourth-order valence-electron chi connectivity index (χ4n) is 3.10. The van der Waals surface area contributed by atoms with Crippen molar-refractivity contribution in [2.24, 2.45) is 0 Å². The first-order valence-electron chi connectivity index (χ1n) is 8.44. The minimum atomic E-state index is -0.415. The van der Waals surface area contributed by atoms with E-state index in [9.17, 15) is 9.59 Å². The van der Waals surface area contributed by atoms with E-state index in [1.165, 1.54) is 0 Å². The smallest absolute Gasteiger partial charge is 0.310 e. The number of hydrogen-bond donors (Lipinski definition) is 0. The Morgan fingerprint density at radius 2 is 1.85 bits per heavy atom. The Morgan fingerprint density at radius 1 is 1.19 bits per heavy atom. The summed E-state index contributed by atoms with van der Waals surface area (Å²) in [7, 11) is 1.65. The molecule has 0 aliphatic rings. The van der Waals surface area contributed by atoms with Gasteiger partial charge in [0.05, 0.1) is 19.1 Å². The van der Waals surface area contributed by atoms with E-state index in [2.05, 4.69) is 20.5 Å². The lowest BCUT2D eigenvalue weighted by molar-refractivity contribution is -0.141. The Morgan fingerprint density at radius 3 is 2.46 bits per heavy atom. The maximum atomic E-state index is 12.5. The van der Waals surface area contributed by atoms with Crippen LogP contribution in [0.25, 0.3) is 0 Å². The molecule has 0 N–H and O–H groups in total. The molecule has 0 aliphatic carbocycles. The molecule has 1 aromatic heterocycles. The molecule has 26 heavy (non-hydrogen) atoms. The van der Waals surface area contributed by atoms with Gasteiger partial charge in [-0.25, -0.2) is 0 Å². The van der Waals surface area contributed by atoms with Crippen molar-refractivity contribution in [2.75, 3.05) is 20.3 Å². The van der Waals surface area contributed by atoms with Gasteiger partial charge in [0.2, 0.25) is 5.78 Å². The van der Waals surface area contributed by atoms with Gasteiger partial charge < -0.3 is 14.0 Å². The normalized spacial score (nSPS) is 12.0. The van der Waals surface area contributed by atoms with Gasteiger partial charge in [0, 0.05) is 28.5 Å². The maximum Gasteiger partial charge on any atom is 0.310 e. The van der Waals surface area contributed by atoms with Crippen LogP contribution < -0.4 is 0 Å². The first kappa shape index (κ1) is 20.4. The first-order valence-corrected chi connectivity index (χ1v) is 9.23. The Bertz CT molecular complexity index is 780. The molecule has 2 rings (SSSR count). The molecule has 0 saturated heterocycles. The number of rotatable bonds is 8. The fourth-order valence-corrected chi connectivity index (χ4v) is 3.36. The minimum Gasteiger partial charge on any atom is -0.457 e. The van der Waals surface area contributed by atoms with Gasteiger partial charge in [-0.1, -0.05) is 28.1 Å². The lowest BCUT2D eigenvalue weighted by atomic mass is 10.1. The standard InChI is InChI=1S/C20H24BrNO4/c1-13-9-18(15(3)22(13)14(2)11-25-4)19(23)12-26-20(24)10-16-5-7-17(21)8-6-16/h5-9,14H,10-12H2,1-4H3/t14-/m1/s1. The molecule has 0 saturated carbocycles. The van der Waals surface area contributed by atoms with Crippen LogP contribution >= 0.6 is 15.9 Å². The monoisotopic (exact) mass is 421 g/mol. The van der Waals surface area contributed by atoms with Crippen molar-refractivity contribution in [1.29, 1.82) is 0 Å². The van der Waals surface area contributed by atoms with Crippen molar-refractivity contribution in [1.82, 2.24) is 4.57 Å². The number of benzene rings is 1. The largest absolute Gasteiger partial charge is 0.457 e. The van der Waals surface area contributed by atoms with Crippen molar-refractivity contribution in [2.45, 2.75) is 33.2 Å². The van der Waals surface area contributed by atoms with Gasteiger partial charge >= 0.3 is 5.97 Å². The SMILES string of the molecule is COC[C@@H](C)n1c(C)cc(C(=O)COC(=O)Cc2ccc(Br)cc2)c1C. The van der Waals surface area contributed by atoms with Gasteiger partial charge in [-0.2, -0.15) is 0 Å². The zero-order valence-electron chi connectivity index (χ0n) is 15.5. The summed E-state index contributed by atoms with van der Waals surface area (Å²) in [4.78, 5) is 24.5. The Hall–Kier alpha value is -1.92. The van der Waals surface area contributed by atoms with E-state index in [0.717, 1.165) is 21.4 Å². The Kier molecular flexibility index (Phi) is 7.17. The third-order valence-electron chi connectivity index (χ3n) is 4.26. The van der Waals surface area contributed by atoms with Crippen molar-refractivity contribution in [3.05, 3.63) is 57.3 Å². The van der Waals surface area contributed by atoms with Crippen LogP contribution in [0.15, 0.2) is 34.8 Å². The maximum absolute atomic E-state index is 12.5. The Balaban J connectivity index is 1.98. The lowest BCUT2D eigenvalue weighted by Gasteiger charge is -2.17. The third kappa shape index (κ3) is 5.05. The van der Waals surface area contributed by atoms with Crippen molar-refractivity contribution in [3.8, 4) is 0 Å². The number of methoxy groups -OCH3 is 1. The van der Waals surface area contributed by atoms with Gasteiger partial charge in [-0.05, 0) is 44.5 Å².